The fraction of sp³-hybridized carbons (Fsp3) is 0.917. The normalized spacial score (nSPS) is 32.3. The van der Waals surface area contributed by atoms with E-state index < -0.39 is 5.97 Å². The molecule has 2 fully saturated rings. The molecule has 2 N–H and O–H groups in total. The highest BCUT2D eigenvalue weighted by Gasteiger charge is 2.42. The Morgan fingerprint density at radius 2 is 2.25 bits per heavy atom. The predicted octanol–water partition coefficient (Wildman–Crippen LogP) is 2.11. The standard InChI is InChI=1S/C12H21NO2S/c1-16-12(5-6-12)8-13-10-4-2-3-9(7-10)11(14)15/h9-10,13H,2-8H2,1H3,(H,14,15). The van der Waals surface area contributed by atoms with Crippen LogP contribution in [0.2, 0.25) is 0 Å². The fourth-order valence-electron chi connectivity index (χ4n) is 2.52. The molecule has 0 bridgehead atoms. The van der Waals surface area contributed by atoms with Gasteiger partial charge >= 0.3 is 5.97 Å². The molecule has 0 aliphatic heterocycles. The highest BCUT2D eigenvalue weighted by Crippen LogP contribution is 2.46. The summed E-state index contributed by atoms with van der Waals surface area (Å²) in [5, 5.41) is 12.6. The number of carboxylic acids is 1. The van der Waals surface area contributed by atoms with Gasteiger partial charge in [-0.05, 0) is 38.4 Å². The predicted molar refractivity (Wildman–Crippen MR) is 66.9 cm³/mol. The highest BCUT2D eigenvalue weighted by atomic mass is 32.2. The van der Waals surface area contributed by atoms with Crippen LogP contribution in [0.1, 0.15) is 38.5 Å². The first-order valence-electron chi connectivity index (χ1n) is 6.16. The summed E-state index contributed by atoms with van der Waals surface area (Å²) in [6, 6.07) is 0.430. The van der Waals surface area contributed by atoms with Crippen molar-refractivity contribution in [2.45, 2.75) is 49.3 Å². The number of carboxylic acid groups (broad SMARTS) is 1. The Morgan fingerprint density at radius 3 is 2.81 bits per heavy atom. The van der Waals surface area contributed by atoms with Crippen LogP contribution in [0.5, 0.6) is 0 Å². The molecule has 0 aromatic carbocycles. The van der Waals surface area contributed by atoms with Gasteiger partial charge in [0.05, 0.1) is 5.92 Å². The van der Waals surface area contributed by atoms with Gasteiger partial charge in [0, 0.05) is 17.3 Å². The first-order chi connectivity index (χ1) is 7.65. The first kappa shape index (κ1) is 12.2. The Kier molecular flexibility index (Phi) is 3.80. The average molecular weight is 243 g/mol. The van der Waals surface area contributed by atoms with Crippen molar-refractivity contribution in [1.82, 2.24) is 5.32 Å². The van der Waals surface area contributed by atoms with E-state index in [1.54, 1.807) is 0 Å². The number of aliphatic carboxylic acids is 1. The van der Waals surface area contributed by atoms with Gasteiger partial charge in [-0.25, -0.2) is 0 Å². The van der Waals surface area contributed by atoms with Gasteiger partial charge in [-0.1, -0.05) is 6.42 Å². The van der Waals surface area contributed by atoms with Crippen LogP contribution in [-0.4, -0.2) is 34.7 Å². The molecule has 0 spiro atoms. The number of nitrogens with one attached hydrogen (secondary N) is 1. The molecule has 0 saturated heterocycles. The smallest absolute Gasteiger partial charge is 0.306 e. The molecule has 0 aromatic rings. The molecule has 4 heteroatoms. The second-order valence-electron chi connectivity index (χ2n) is 5.17. The van der Waals surface area contributed by atoms with E-state index in [-0.39, 0.29) is 5.92 Å². The fourth-order valence-corrected chi connectivity index (χ4v) is 3.26. The molecule has 3 nitrogen and oxygen atoms in total. The summed E-state index contributed by atoms with van der Waals surface area (Å²) in [4.78, 5) is 10.9. The van der Waals surface area contributed by atoms with E-state index in [1.165, 1.54) is 12.8 Å². The van der Waals surface area contributed by atoms with Gasteiger partial charge < -0.3 is 10.4 Å². The second-order valence-corrected chi connectivity index (χ2v) is 6.44. The molecule has 0 heterocycles. The van der Waals surface area contributed by atoms with E-state index in [2.05, 4.69) is 11.6 Å². The summed E-state index contributed by atoms with van der Waals surface area (Å²) >= 11 is 1.96. The Bertz CT molecular complexity index is 266. The topological polar surface area (TPSA) is 49.3 Å². The Labute approximate surface area is 101 Å². The van der Waals surface area contributed by atoms with E-state index in [1.807, 2.05) is 11.8 Å². The van der Waals surface area contributed by atoms with Gasteiger partial charge in [0.25, 0.3) is 0 Å². The van der Waals surface area contributed by atoms with E-state index in [9.17, 15) is 4.79 Å². The molecule has 0 amide bonds. The minimum atomic E-state index is -0.613. The Balaban J connectivity index is 1.75. The third-order valence-corrected chi connectivity index (χ3v) is 5.40. The minimum Gasteiger partial charge on any atom is -0.481 e. The van der Waals surface area contributed by atoms with Crippen LogP contribution in [0, 0.1) is 5.92 Å². The van der Waals surface area contributed by atoms with Gasteiger partial charge in [0.15, 0.2) is 0 Å². The zero-order valence-electron chi connectivity index (χ0n) is 9.87. The number of hydrogen-bond donors (Lipinski definition) is 2. The van der Waals surface area contributed by atoms with Crippen molar-refractivity contribution in [2.24, 2.45) is 5.92 Å². The van der Waals surface area contributed by atoms with Crippen LogP contribution in [0.25, 0.3) is 0 Å². The summed E-state index contributed by atoms with van der Waals surface area (Å²) in [6.07, 6.45) is 8.69. The van der Waals surface area contributed by atoms with Gasteiger partial charge in [-0.2, -0.15) is 11.8 Å². The molecule has 2 unspecified atom stereocenters. The Morgan fingerprint density at radius 1 is 1.50 bits per heavy atom. The lowest BCUT2D eigenvalue weighted by atomic mass is 9.86. The summed E-state index contributed by atoms with van der Waals surface area (Å²) in [5.74, 6) is -0.729. The number of thioether (sulfide) groups is 1. The molecule has 2 atom stereocenters. The van der Waals surface area contributed by atoms with Crippen molar-refractivity contribution >= 4 is 17.7 Å². The van der Waals surface area contributed by atoms with Crippen LogP contribution in [0.4, 0.5) is 0 Å². The van der Waals surface area contributed by atoms with Crippen molar-refractivity contribution in [3.8, 4) is 0 Å². The lowest BCUT2D eigenvalue weighted by Crippen LogP contribution is -2.40. The van der Waals surface area contributed by atoms with Crippen molar-refractivity contribution < 1.29 is 9.90 Å². The summed E-state index contributed by atoms with van der Waals surface area (Å²) in [7, 11) is 0. The number of carbonyl (C=O) groups is 1. The summed E-state index contributed by atoms with van der Waals surface area (Å²) < 4.78 is 0.482. The summed E-state index contributed by atoms with van der Waals surface area (Å²) in [5.41, 5.74) is 0. The first-order valence-corrected chi connectivity index (χ1v) is 7.39. The van der Waals surface area contributed by atoms with Crippen LogP contribution in [0.3, 0.4) is 0 Å². The quantitative estimate of drug-likeness (QED) is 0.776. The highest BCUT2D eigenvalue weighted by molar-refractivity contribution is 8.00. The van der Waals surface area contributed by atoms with Crippen molar-refractivity contribution in [2.75, 3.05) is 12.8 Å². The molecule has 0 radical (unpaired) electrons. The molecule has 16 heavy (non-hydrogen) atoms. The maximum atomic E-state index is 10.9. The van der Waals surface area contributed by atoms with Gasteiger partial charge in [0.2, 0.25) is 0 Å². The van der Waals surface area contributed by atoms with Crippen LogP contribution in [0.15, 0.2) is 0 Å². The van der Waals surface area contributed by atoms with Crippen LogP contribution >= 0.6 is 11.8 Å². The largest absolute Gasteiger partial charge is 0.481 e. The molecular formula is C12H21NO2S. The van der Waals surface area contributed by atoms with E-state index in [0.29, 0.717) is 10.8 Å². The zero-order chi connectivity index (χ0) is 11.6. The van der Waals surface area contributed by atoms with Gasteiger partial charge in [-0.3, -0.25) is 4.79 Å². The van der Waals surface area contributed by atoms with Crippen LogP contribution in [-0.2, 0) is 4.79 Å². The molecule has 2 saturated carbocycles. The van der Waals surface area contributed by atoms with Gasteiger partial charge in [0.1, 0.15) is 0 Å². The van der Waals surface area contributed by atoms with E-state index >= 15 is 0 Å². The SMILES string of the molecule is CSC1(CNC2CCCC(C(=O)O)C2)CC1. The van der Waals surface area contributed by atoms with Gasteiger partial charge in [-0.15, -0.1) is 0 Å². The maximum Gasteiger partial charge on any atom is 0.306 e. The monoisotopic (exact) mass is 243 g/mol. The van der Waals surface area contributed by atoms with Crippen molar-refractivity contribution in [1.29, 1.82) is 0 Å². The zero-order valence-corrected chi connectivity index (χ0v) is 10.7. The number of rotatable bonds is 5. The lowest BCUT2D eigenvalue weighted by molar-refractivity contribution is -0.143. The molecule has 2 aliphatic rings. The third-order valence-electron chi connectivity index (χ3n) is 3.98. The minimum absolute atomic E-state index is 0.115. The van der Waals surface area contributed by atoms with E-state index in [4.69, 9.17) is 5.11 Å². The average Bonchev–Trinajstić information content (AvgIpc) is 3.07. The molecule has 2 rings (SSSR count). The molecular weight excluding hydrogens is 222 g/mol. The third kappa shape index (κ3) is 2.92. The van der Waals surface area contributed by atoms with Crippen molar-refractivity contribution in [3.63, 3.8) is 0 Å². The van der Waals surface area contributed by atoms with E-state index in [0.717, 1.165) is 32.2 Å². The lowest BCUT2D eigenvalue weighted by Gasteiger charge is -2.28. The number of hydrogen-bond acceptors (Lipinski definition) is 3. The molecule has 2 aliphatic carbocycles. The second kappa shape index (κ2) is 4.96. The van der Waals surface area contributed by atoms with Crippen LogP contribution < -0.4 is 5.32 Å². The summed E-state index contributed by atoms with van der Waals surface area (Å²) in [6.45, 7) is 1.06. The molecule has 0 aromatic heterocycles. The Hall–Kier alpha value is -0.220. The maximum absolute atomic E-state index is 10.9. The molecule has 92 valence electrons. The van der Waals surface area contributed by atoms with Crippen molar-refractivity contribution in [3.05, 3.63) is 0 Å².